The number of aromatic nitrogens is 2. The molecule has 0 spiro atoms. The van der Waals surface area contributed by atoms with E-state index in [2.05, 4.69) is 10.00 Å². The summed E-state index contributed by atoms with van der Waals surface area (Å²) in [6.07, 6.45) is 3.38. The number of piperazine rings is 1. The van der Waals surface area contributed by atoms with E-state index in [9.17, 15) is 4.79 Å². The minimum absolute atomic E-state index is 0.0916. The number of rotatable bonds is 5. The number of benzene rings is 1. The summed E-state index contributed by atoms with van der Waals surface area (Å²) in [6, 6.07) is 7.67. The van der Waals surface area contributed by atoms with Crippen LogP contribution in [-0.2, 0) is 13.1 Å². The van der Waals surface area contributed by atoms with E-state index in [0.29, 0.717) is 34.7 Å². The minimum atomic E-state index is 0.0916. The summed E-state index contributed by atoms with van der Waals surface area (Å²) >= 11 is 19.5. The van der Waals surface area contributed by atoms with E-state index in [1.807, 2.05) is 34.5 Å². The fourth-order valence-electron chi connectivity index (χ4n) is 3.34. The second-order valence-electron chi connectivity index (χ2n) is 6.99. The van der Waals surface area contributed by atoms with E-state index in [4.69, 9.17) is 34.8 Å². The van der Waals surface area contributed by atoms with Gasteiger partial charge in [-0.1, -0.05) is 40.9 Å². The highest BCUT2D eigenvalue weighted by Crippen LogP contribution is 2.24. The summed E-state index contributed by atoms with van der Waals surface area (Å²) in [4.78, 5) is 17.9. The van der Waals surface area contributed by atoms with Crippen molar-refractivity contribution in [1.29, 1.82) is 0 Å². The lowest BCUT2D eigenvalue weighted by Crippen LogP contribution is -2.48. The summed E-state index contributed by atoms with van der Waals surface area (Å²) in [7, 11) is 0. The van der Waals surface area contributed by atoms with E-state index in [-0.39, 0.29) is 5.91 Å². The van der Waals surface area contributed by atoms with Crippen molar-refractivity contribution >= 4 is 52.0 Å². The molecule has 3 heterocycles. The molecule has 5 nitrogen and oxygen atoms in total. The maximum Gasteiger partial charge on any atom is 0.264 e. The molecule has 1 amide bonds. The average Bonchev–Trinajstić information content (AvgIpc) is 3.34. The van der Waals surface area contributed by atoms with Crippen LogP contribution >= 0.6 is 46.1 Å². The van der Waals surface area contributed by atoms with Gasteiger partial charge in [0.1, 0.15) is 0 Å². The lowest BCUT2D eigenvalue weighted by atomic mass is 10.2. The summed E-state index contributed by atoms with van der Waals surface area (Å²) in [5, 5.41) is 7.93. The standard InChI is InChI=1S/C20H19Cl3N4OS/c21-16-9-24-27(12-16)11-15-8-19(29-13-15)20(28)26-5-3-25(4-6-26)10-14-1-2-17(22)18(23)7-14/h1-2,7-9,12-13H,3-6,10-11H2. The first kappa shape index (κ1) is 20.7. The smallest absolute Gasteiger partial charge is 0.264 e. The fourth-order valence-corrected chi connectivity index (χ4v) is 4.69. The number of carbonyl (C=O) groups is 1. The van der Waals surface area contributed by atoms with E-state index in [1.54, 1.807) is 17.1 Å². The van der Waals surface area contributed by atoms with Crippen LogP contribution in [-0.4, -0.2) is 51.7 Å². The Labute approximate surface area is 188 Å². The molecule has 1 aromatic carbocycles. The van der Waals surface area contributed by atoms with Gasteiger partial charge in [-0.3, -0.25) is 14.4 Å². The van der Waals surface area contributed by atoms with Crippen LogP contribution in [0.5, 0.6) is 0 Å². The van der Waals surface area contributed by atoms with Gasteiger partial charge in [-0.15, -0.1) is 11.3 Å². The highest BCUT2D eigenvalue weighted by atomic mass is 35.5. The molecule has 0 atom stereocenters. The Balaban J connectivity index is 1.31. The Hall–Kier alpha value is -1.57. The molecular formula is C20H19Cl3N4OS. The lowest BCUT2D eigenvalue weighted by Gasteiger charge is -2.34. The lowest BCUT2D eigenvalue weighted by molar-refractivity contribution is 0.0633. The minimum Gasteiger partial charge on any atom is -0.335 e. The van der Waals surface area contributed by atoms with E-state index in [0.717, 1.165) is 35.6 Å². The highest BCUT2D eigenvalue weighted by molar-refractivity contribution is 7.12. The zero-order valence-corrected chi connectivity index (χ0v) is 18.6. The number of nitrogens with zero attached hydrogens (tertiary/aromatic N) is 4. The van der Waals surface area contributed by atoms with Crippen LogP contribution in [0.1, 0.15) is 20.8 Å². The molecule has 3 aromatic rings. The molecule has 9 heteroatoms. The molecule has 1 saturated heterocycles. The van der Waals surface area contributed by atoms with Gasteiger partial charge in [0, 0.05) is 38.9 Å². The first-order valence-corrected chi connectivity index (χ1v) is 11.2. The quantitative estimate of drug-likeness (QED) is 0.533. The summed E-state index contributed by atoms with van der Waals surface area (Å²) in [6.45, 7) is 4.48. The summed E-state index contributed by atoms with van der Waals surface area (Å²) in [5.41, 5.74) is 2.18. The first-order valence-electron chi connectivity index (χ1n) is 9.19. The zero-order valence-electron chi connectivity index (χ0n) is 15.5. The average molecular weight is 470 g/mol. The molecule has 0 bridgehead atoms. The summed E-state index contributed by atoms with van der Waals surface area (Å²) < 4.78 is 1.76. The molecule has 29 heavy (non-hydrogen) atoms. The van der Waals surface area contributed by atoms with Crippen molar-refractivity contribution in [3.8, 4) is 0 Å². The van der Waals surface area contributed by atoms with Gasteiger partial charge in [-0.2, -0.15) is 5.10 Å². The van der Waals surface area contributed by atoms with Gasteiger partial charge in [0.15, 0.2) is 0 Å². The molecule has 0 saturated carbocycles. The van der Waals surface area contributed by atoms with Crippen molar-refractivity contribution in [3.05, 3.63) is 73.1 Å². The van der Waals surface area contributed by atoms with Crippen LogP contribution < -0.4 is 0 Å². The van der Waals surface area contributed by atoms with E-state index >= 15 is 0 Å². The van der Waals surface area contributed by atoms with Gasteiger partial charge in [0.2, 0.25) is 0 Å². The molecule has 0 radical (unpaired) electrons. The van der Waals surface area contributed by atoms with Crippen LogP contribution in [0.4, 0.5) is 0 Å². The van der Waals surface area contributed by atoms with Crippen molar-refractivity contribution in [2.45, 2.75) is 13.1 Å². The molecule has 1 aliphatic heterocycles. The third-order valence-corrected chi connectivity index (χ3v) is 6.76. The maximum absolute atomic E-state index is 12.9. The predicted octanol–water partition coefficient (Wildman–Crippen LogP) is 4.91. The van der Waals surface area contributed by atoms with Gasteiger partial charge < -0.3 is 4.90 Å². The van der Waals surface area contributed by atoms with Crippen LogP contribution in [0.3, 0.4) is 0 Å². The van der Waals surface area contributed by atoms with Crippen molar-refractivity contribution in [3.63, 3.8) is 0 Å². The Bertz CT molecular complexity index is 1010. The largest absolute Gasteiger partial charge is 0.335 e. The monoisotopic (exact) mass is 468 g/mol. The summed E-state index contributed by atoms with van der Waals surface area (Å²) in [5.74, 6) is 0.0916. The Kier molecular flexibility index (Phi) is 6.47. The van der Waals surface area contributed by atoms with Crippen LogP contribution in [0.2, 0.25) is 15.1 Å². The number of hydrogen-bond acceptors (Lipinski definition) is 4. The van der Waals surface area contributed by atoms with Crippen LogP contribution in [0.15, 0.2) is 42.0 Å². The normalized spacial score (nSPS) is 15.1. The third-order valence-electron chi connectivity index (χ3n) is 4.86. The highest BCUT2D eigenvalue weighted by Gasteiger charge is 2.23. The van der Waals surface area contributed by atoms with Gasteiger partial charge in [0.05, 0.1) is 32.7 Å². The predicted molar refractivity (Wildman–Crippen MR) is 118 cm³/mol. The SMILES string of the molecule is O=C(c1cc(Cn2cc(Cl)cn2)cs1)N1CCN(Cc2ccc(Cl)c(Cl)c2)CC1. The molecule has 1 aliphatic rings. The van der Waals surface area contributed by atoms with Crippen molar-refractivity contribution in [2.75, 3.05) is 26.2 Å². The maximum atomic E-state index is 12.9. The second-order valence-corrected chi connectivity index (χ2v) is 9.15. The van der Waals surface area contributed by atoms with Gasteiger partial charge in [0.25, 0.3) is 5.91 Å². The molecule has 0 N–H and O–H groups in total. The van der Waals surface area contributed by atoms with Crippen molar-refractivity contribution in [2.24, 2.45) is 0 Å². The number of thiophene rings is 1. The number of hydrogen-bond donors (Lipinski definition) is 0. The Morgan fingerprint density at radius 2 is 1.79 bits per heavy atom. The fraction of sp³-hybridized carbons (Fsp3) is 0.300. The Morgan fingerprint density at radius 1 is 1.00 bits per heavy atom. The van der Waals surface area contributed by atoms with E-state index in [1.165, 1.54) is 11.3 Å². The molecular weight excluding hydrogens is 451 g/mol. The van der Waals surface area contributed by atoms with Crippen LogP contribution in [0.25, 0.3) is 0 Å². The third kappa shape index (κ3) is 5.13. The van der Waals surface area contributed by atoms with Gasteiger partial charge in [-0.25, -0.2) is 0 Å². The topological polar surface area (TPSA) is 41.4 Å². The van der Waals surface area contributed by atoms with Crippen molar-refractivity contribution in [1.82, 2.24) is 19.6 Å². The number of carbonyl (C=O) groups excluding carboxylic acids is 1. The van der Waals surface area contributed by atoms with E-state index < -0.39 is 0 Å². The molecule has 2 aromatic heterocycles. The Morgan fingerprint density at radius 3 is 2.48 bits per heavy atom. The molecule has 0 aliphatic carbocycles. The number of amides is 1. The molecule has 4 rings (SSSR count). The molecule has 1 fully saturated rings. The van der Waals surface area contributed by atoms with Gasteiger partial charge >= 0.3 is 0 Å². The number of halogens is 3. The molecule has 0 unspecified atom stereocenters. The first-order chi connectivity index (χ1) is 14.0. The zero-order chi connectivity index (χ0) is 20.4. The van der Waals surface area contributed by atoms with Gasteiger partial charge in [-0.05, 0) is 34.7 Å². The second kappa shape index (κ2) is 9.06. The van der Waals surface area contributed by atoms with Crippen molar-refractivity contribution < 1.29 is 4.79 Å². The molecule has 152 valence electrons. The van der Waals surface area contributed by atoms with Crippen LogP contribution in [0, 0.1) is 0 Å².